The molecule has 0 N–H and O–H groups in total. The Hall–Kier alpha value is -6.82. The molecule has 1 atom stereocenters. The molecule has 242 valence electrons. The Balaban J connectivity index is 1.11. The number of hydrogen-bond donors (Lipinski definition) is 0. The molecule has 0 radical (unpaired) electrons. The lowest BCUT2D eigenvalue weighted by atomic mass is 9.98. The van der Waals surface area contributed by atoms with Gasteiger partial charge in [-0.25, -0.2) is 0 Å². The number of fused-ring (bicyclic) bond motifs is 15. The van der Waals surface area contributed by atoms with Gasteiger partial charge in [0.1, 0.15) is 27.7 Å². The van der Waals surface area contributed by atoms with Crippen LogP contribution in [0.1, 0.15) is 11.9 Å². The first-order chi connectivity index (χ1) is 24.6. The highest BCUT2D eigenvalue weighted by Gasteiger charge is 2.35. The van der Waals surface area contributed by atoms with E-state index in [-0.39, 0.29) is 47.6 Å². The Morgan fingerprint density at radius 2 is 1.10 bits per heavy atom. The molecule has 12 heteroatoms. The first-order valence-electron chi connectivity index (χ1n) is 15.7. The van der Waals surface area contributed by atoms with Gasteiger partial charge in [0, 0.05) is 16.8 Å². The van der Waals surface area contributed by atoms with Gasteiger partial charge in [-0.15, -0.1) is 0 Å². The molecule has 12 rings (SSSR count). The monoisotopic (exact) mass is 666 g/mol. The summed E-state index contributed by atoms with van der Waals surface area (Å²) in [5.41, 5.74) is 1.16. The van der Waals surface area contributed by atoms with Gasteiger partial charge in [-0.2, -0.15) is 0 Å². The zero-order valence-corrected chi connectivity index (χ0v) is 25.4. The second-order valence-corrected chi connectivity index (χ2v) is 12.3. The predicted octanol–water partition coefficient (Wildman–Crippen LogP) is 7.17. The van der Waals surface area contributed by atoms with Crippen molar-refractivity contribution in [3.8, 4) is 46.0 Å². The molecule has 0 bridgehead atoms. The van der Waals surface area contributed by atoms with Gasteiger partial charge in [-0.05, 0) is 53.2 Å². The van der Waals surface area contributed by atoms with Gasteiger partial charge in [0.05, 0.1) is 21.7 Å². The molecule has 0 saturated heterocycles. The van der Waals surface area contributed by atoms with E-state index in [9.17, 15) is 9.59 Å². The molecule has 0 saturated carbocycles. The largest absolute Gasteiger partial charge is 0.456 e. The zero-order chi connectivity index (χ0) is 32.8. The molecule has 0 amide bonds. The molecular formula is C38H18O12. The normalized spacial score (nSPS) is 16.6. The Morgan fingerprint density at radius 3 is 1.96 bits per heavy atom. The second-order valence-electron chi connectivity index (χ2n) is 12.3. The van der Waals surface area contributed by atoms with E-state index in [2.05, 4.69) is 0 Å². The Bertz CT molecular complexity index is 3030. The van der Waals surface area contributed by atoms with Gasteiger partial charge in [0.15, 0.2) is 46.0 Å². The summed E-state index contributed by atoms with van der Waals surface area (Å²) in [5.74, 6) is 3.46. The topological polar surface area (TPSA) is 134 Å². The van der Waals surface area contributed by atoms with Crippen molar-refractivity contribution >= 4 is 65.4 Å². The smallest absolute Gasteiger partial charge is 0.271 e. The summed E-state index contributed by atoms with van der Waals surface area (Å²) in [6, 6.07) is 19.4. The van der Waals surface area contributed by atoms with Crippen molar-refractivity contribution in [2.75, 3.05) is 20.4 Å². The maximum Gasteiger partial charge on any atom is 0.271 e. The molecule has 50 heavy (non-hydrogen) atoms. The molecule has 6 heterocycles. The fourth-order valence-corrected chi connectivity index (χ4v) is 7.53. The lowest BCUT2D eigenvalue weighted by molar-refractivity contribution is 0.0501. The maximum absolute atomic E-state index is 14.5. The molecule has 0 spiro atoms. The van der Waals surface area contributed by atoms with Crippen LogP contribution < -0.4 is 48.8 Å². The predicted molar refractivity (Wildman–Crippen MR) is 177 cm³/mol. The van der Waals surface area contributed by atoms with E-state index in [1.165, 1.54) is 0 Å². The van der Waals surface area contributed by atoms with Crippen LogP contribution in [0.5, 0.6) is 46.0 Å². The second kappa shape index (κ2) is 8.99. The van der Waals surface area contributed by atoms with Gasteiger partial charge >= 0.3 is 0 Å². The lowest BCUT2D eigenvalue weighted by Gasteiger charge is -2.16. The molecule has 4 aliphatic heterocycles. The number of ether oxygens (including phenoxy) is 8. The summed E-state index contributed by atoms with van der Waals surface area (Å²) in [6.07, 6.45) is -1.06. The van der Waals surface area contributed by atoms with Crippen molar-refractivity contribution in [1.82, 2.24) is 0 Å². The average Bonchev–Trinajstić information content (AvgIpc) is 3.96. The quantitative estimate of drug-likeness (QED) is 0.130. The Morgan fingerprint density at radius 1 is 0.460 bits per heavy atom. The van der Waals surface area contributed by atoms with Crippen LogP contribution in [0.2, 0.25) is 0 Å². The molecule has 2 aromatic heterocycles. The molecule has 0 aliphatic carbocycles. The van der Waals surface area contributed by atoms with Gasteiger partial charge in [0.25, 0.3) is 6.29 Å². The molecule has 12 nitrogen and oxygen atoms in total. The van der Waals surface area contributed by atoms with Gasteiger partial charge in [-0.1, -0.05) is 18.2 Å². The molecule has 1 unspecified atom stereocenters. The van der Waals surface area contributed by atoms with Crippen LogP contribution in [0.4, 0.5) is 0 Å². The van der Waals surface area contributed by atoms with Gasteiger partial charge in [0.2, 0.25) is 31.2 Å². The summed E-state index contributed by atoms with van der Waals surface area (Å²) in [5, 5.41) is 3.66. The van der Waals surface area contributed by atoms with E-state index in [0.29, 0.717) is 95.2 Å². The van der Waals surface area contributed by atoms with Crippen molar-refractivity contribution in [1.29, 1.82) is 0 Å². The third-order valence-corrected chi connectivity index (χ3v) is 9.73. The average molecular weight is 667 g/mol. The number of rotatable bonds is 1. The van der Waals surface area contributed by atoms with Crippen LogP contribution in [-0.4, -0.2) is 20.4 Å². The van der Waals surface area contributed by atoms with Crippen LogP contribution in [0.25, 0.3) is 65.4 Å². The van der Waals surface area contributed by atoms with Gasteiger partial charge in [-0.3, -0.25) is 9.59 Å². The van der Waals surface area contributed by atoms with Crippen LogP contribution in [0.15, 0.2) is 85.2 Å². The van der Waals surface area contributed by atoms with Crippen LogP contribution in [-0.2, 0) is 0 Å². The highest BCUT2D eigenvalue weighted by Crippen LogP contribution is 2.51. The van der Waals surface area contributed by atoms with E-state index < -0.39 is 6.29 Å². The molecule has 6 aromatic carbocycles. The molecule has 0 fully saturated rings. The Kier molecular flexibility index (Phi) is 4.71. The van der Waals surface area contributed by atoms with E-state index in [0.717, 1.165) is 5.39 Å². The maximum atomic E-state index is 14.5. The Labute approximate surface area is 277 Å². The summed E-state index contributed by atoms with van der Waals surface area (Å²) in [7, 11) is 0. The van der Waals surface area contributed by atoms with E-state index >= 15 is 0 Å². The lowest BCUT2D eigenvalue weighted by Crippen LogP contribution is -2.12. The minimum absolute atomic E-state index is 0.0117. The fraction of sp³-hybridized carbons (Fsp3) is 0.105. The van der Waals surface area contributed by atoms with Gasteiger partial charge < -0.3 is 46.7 Å². The third kappa shape index (κ3) is 3.24. The standard InChI is InChI=1S/C38H18O12/c39-32-17-10-25-26(44-12-43-25)11-24(17)47-19-4-1-15-2-6-23-37(27(15)29(19)32)50-38(49-23)18-9-16-3-5-21-35(45-13-41-21)28(16)31-33(40)30-20(48-34(18)31)7-8-22-36(30)46-14-42-22/h1-11,38H,12-14H2. The van der Waals surface area contributed by atoms with Crippen molar-refractivity contribution in [2.45, 2.75) is 6.29 Å². The zero-order valence-electron chi connectivity index (χ0n) is 25.4. The van der Waals surface area contributed by atoms with Crippen molar-refractivity contribution in [2.24, 2.45) is 0 Å². The van der Waals surface area contributed by atoms with Crippen LogP contribution in [0, 0.1) is 0 Å². The summed E-state index contributed by atoms with van der Waals surface area (Å²) in [6.45, 7) is 0.0678. The summed E-state index contributed by atoms with van der Waals surface area (Å²) in [4.78, 5) is 28.7. The number of hydrogen-bond acceptors (Lipinski definition) is 12. The first-order valence-corrected chi connectivity index (χ1v) is 15.7. The van der Waals surface area contributed by atoms with Crippen molar-refractivity contribution in [3.05, 3.63) is 92.7 Å². The SMILES string of the molecule is O=c1c2cc3c(cc2oc2ccc4ccc5c(c4c12)OC(c1cc2ccc4c(c2c2c(=O)c6c7c(ccc6oc12)OCO7)OCO4)O5)OCO3. The van der Waals surface area contributed by atoms with Crippen LogP contribution >= 0.6 is 0 Å². The summed E-state index contributed by atoms with van der Waals surface area (Å²) >= 11 is 0. The molecule has 8 aromatic rings. The first kappa shape index (κ1) is 26.2. The highest BCUT2D eigenvalue weighted by molar-refractivity contribution is 6.15. The summed E-state index contributed by atoms with van der Waals surface area (Å²) < 4.78 is 59.7. The van der Waals surface area contributed by atoms with E-state index in [4.69, 9.17) is 46.7 Å². The van der Waals surface area contributed by atoms with E-state index in [1.54, 1.807) is 42.5 Å². The number of benzene rings is 6. The van der Waals surface area contributed by atoms with Crippen molar-refractivity contribution < 1.29 is 46.7 Å². The minimum Gasteiger partial charge on any atom is -0.456 e. The van der Waals surface area contributed by atoms with Crippen LogP contribution in [0.3, 0.4) is 0 Å². The fourth-order valence-electron chi connectivity index (χ4n) is 7.53. The third-order valence-electron chi connectivity index (χ3n) is 9.73. The molecular weight excluding hydrogens is 648 g/mol. The minimum atomic E-state index is -1.06. The molecule has 4 aliphatic rings. The van der Waals surface area contributed by atoms with E-state index in [1.807, 2.05) is 24.3 Å². The van der Waals surface area contributed by atoms with Crippen molar-refractivity contribution in [3.63, 3.8) is 0 Å². The highest BCUT2D eigenvalue weighted by atomic mass is 16.7.